The largest absolute Gasteiger partial charge is 0.355 e. The number of nitrogens with zero attached hydrogens (tertiary/aromatic N) is 2. The summed E-state index contributed by atoms with van der Waals surface area (Å²) in [6.07, 6.45) is 4.39. The van der Waals surface area contributed by atoms with E-state index >= 15 is 0 Å². The maximum atomic E-state index is 11.8. The summed E-state index contributed by atoms with van der Waals surface area (Å²) in [5.74, 6) is 1.40. The molecule has 2 atom stereocenters. The van der Waals surface area contributed by atoms with Gasteiger partial charge in [-0.15, -0.1) is 0 Å². The maximum Gasteiger partial charge on any atom is 0.252 e. The van der Waals surface area contributed by atoms with Crippen molar-refractivity contribution in [1.29, 1.82) is 0 Å². The Balaban J connectivity index is 1.64. The Kier molecular flexibility index (Phi) is 4.92. The van der Waals surface area contributed by atoms with Gasteiger partial charge in [0.05, 0.1) is 5.56 Å². The minimum Gasteiger partial charge on any atom is -0.355 e. The Bertz CT molecular complexity index is 474. The second-order valence-corrected chi connectivity index (χ2v) is 4.96. The van der Waals surface area contributed by atoms with Crippen LogP contribution in [0.1, 0.15) is 23.7 Å². The van der Waals surface area contributed by atoms with Crippen LogP contribution in [-0.4, -0.2) is 43.0 Å². The van der Waals surface area contributed by atoms with Gasteiger partial charge in [0.1, 0.15) is 0 Å². The molecule has 1 aromatic rings. The van der Waals surface area contributed by atoms with Gasteiger partial charge in [0.25, 0.3) is 5.91 Å². The van der Waals surface area contributed by atoms with Crippen LogP contribution >= 0.6 is 0 Å². The number of aromatic nitrogens is 1. The molecular weight excluding hydrogens is 254 g/mol. The SMILES string of the molecule is CN=C(NCCNC(=O)c1cccnc1)NC1CC1C. The molecule has 0 aromatic carbocycles. The molecule has 1 amide bonds. The molecule has 6 nitrogen and oxygen atoms in total. The molecule has 2 unspecified atom stereocenters. The fraction of sp³-hybridized carbons (Fsp3) is 0.500. The predicted octanol–water partition coefficient (Wildman–Crippen LogP) is 0.385. The first-order valence-electron chi connectivity index (χ1n) is 6.86. The first-order chi connectivity index (χ1) is 9.70. The molecule has 1 heterocycles. The number of nitrogens with one attached hydrogen (secondary N) is 3. The summed E-state index contributed by atoms with van der Waals surface area (Å²) in [4.78, 5) is 19.8. The van der Waals surface area contributed by atoms with E-state index in [0.29, 0.717) is 24.7 Å². The summed E-state index contributed by atoms with van der Waals surface area (Å²) in [5, 5.41) is 9.33. The molecule has 1 aliphatic carbocycles. The molecule has 0 saturated heterocycles. The first kappa shape index (κ1) is 14.3. The van der Waals surface area contributed by atoms with Crippen LogP contribution in [-0.2, 0) is 0 Å². The molecule has 0 bridgehead atoms. The molecular formula is C14H21N5O. The van der Waals surface area contributed by atoms with Crippen molar-refractivity contribution in [2.75, 3.05) is 20.1 Å². The molecule has 1 fully saturated rings. The second-order valence-electron chi connectivity index (χ2n) is 4.96. The highest BCUT2D eigenvalue weighted by atomic mass is 16.1. The van der Waals surface area contributed by atoms with E-state index in [1.807, 2.05) is 0 Å². The third-order valence-electron chi connectivity index (χ3n) is 3.28. The van der Waals surface area contributed by atoms with E-state index in [9.17, 15) is 4.79 Å². The van der Waals surface area contributed by atoms with Crippen molar-refractivity contribution in [2.45, 2.75) is 19.4 Å². The summed E-state index contributed by atoms with van der Waals surface area (Å²) < 4.78 is 0. The lowest BCUT2D eigenvalue weighted by atomic mass is 10.3. The summed E-state index contributed by atoms with van der Waals surface area (Å²) >= 11 is 0. The topological polar surface area (TPSA) is 78.4 Å². The number of pyridine rings is 1. The normalized spacial score (nSPS) is 21.2. The second kappa shape index (κ2) is 6.88. The van der Waals surface area contributed by atoms with Crippen molar-refractivity contribution >= 4 is 11.9 Å². The molecule has 108 valence electrons. The monoisotopic (exact) mass is 275 g/mol. The lowest BCUT2D eigenvalue weighted by Gasteiger charge is -2.11. The standard InChI is InChI=1S/C14H21N5O/c1-10-8-12(10)19-14(15-2)18-7-6-17-13(20)11-4-3-5-16-9-11/h3-5,9-10,12H,6-8H2,1-2H3,(H,17,20)(H2,15,18,19). The van der Waals surface area contributed by atoms with E-state index in [4.69, 9.17) is 0 Å². The van der Waals surface area contributed by atoms with E-state index < -0.39 is 0 Å². The van der Waals surface area contributed by atoms with Crippen molar-refractivity contribution in [3.8, 4) is 0 Å². The van der Waals surface area contributed by atoms with E-state index in [-0.39, 0.29) is 5.91 Å². The Labute approximate surface area is 119 Å². The van der Waals surface area contributed by atoms with E-state index in [2.05, 4.69) is 32.9 Å². The molecule has 2 rings (SSSR count). The van der Waals surface area contributed by atoms with Crippen LogP contribution in [0.2, 0.25) is 0 Å². The molecule has 0 radical (unpaired) electrons. The maximum absolute atomic E-state index is 11.8. The summed E-state index contributed by atoms with van der Waals surface area (Å²) in [6, 6.07) is 4.02. The molecule has 0 aliphatic heterocycles. The highest BCUT2D eigenvalue weighted by molar-refractivity contribution is 5.93. The molecule has 1 saturated carbocycles. The summed E-state index contributed by atoms with van der Waals surface area (Å²) in [7, 11) is 1.75. The molecule has 6 heteroatoms. The Morgan fingerprint density at radius 2 is 2.20 bits per heavy atom. The highest BCUT2D eigenvalue weighted by Crippen LogP contribution is 2.28. The Hall–Kier alpha value is -2.11. The van der Waals surface area contributed by atoms with Gasteiger partial charge in [-0.05, 0) is 24.5 Å². The molecule has 3 N–H and O–H groups in total. The van der Waals surface area contributed by atoms with Crippen LogP contribution in [0.25, 0.3) is 0 Å². The van der Waals surface area contributed by atoms with E-state index in [1.54, 1.807) is 31.6 Å². The zero-order valence-corrected chi connectivity index (χ0v) is 11.9. The van der Waals surface area contributed by atoms with E-state index in [1.165, 1.54) is 6.42 Å². The molecule has 20 heavy (non-hydrogen) atoms. The highest BCUT2D eigenvalue weighted by Gasteiger charge is 2.33. The number of carbonyl (C=O) groups excluding carboxylic acids is 1. The van der Waals surface area contributed by atoms with Crippen LogP contribution in [0.5, 0.6) is 0 Å². The average molecular weight is 275 g/mol. The molecule has 0 spiro atoms. The third-order valence-corrected chi connectivity index (χ3v) is 3.28. The quantitative estimate of drug-likeness (QED) is 0.412. The average Bonchev–Trinajstić information content (AvgIpc) is 3.18. The van der Waals surface area contributed by atoms with Gasteiger partial charge in [0.15, 0.2) is 5.96 Å². The van der Waals surface area contributed by atoms with Crippen molar-refractivity contribution in [3.63, 3.8) is 0 Å². The van der Waals surface area contributed by atoms with Crippen molar-refractivity contribution < 1.29 is 4.79 Å². The van der Waals surface area contributed by atoms with E-state index in [0.717, 1.165) is 11.9 Å². The number of amides is 1. The molecule has 1 aromatic heterocycles. The van der Waals surface area contributed by atoms with Gasteiger partial charge < -0.3 is 16.0 Å². The Morgan fingerprint density at radius 1 is 1.45 bits per heavy atom. The lowest BCUT2D eigenvalue weighted by Crippen LogP contribution is -2.42. The summed E-state index contributed by atoms with van der Waals surface area (Å²) in [6.45, 7) is 3.38. The van der Waals surface area contributed by atoms with Crippen molar-refractivity contribution in [3.05, 3.63) is 30.1 Å². The zero-order chi connectivity index (χ0) is 14.4. The smallest absolute Gasteiger partial charge is 0.252 e. The summed E-state index contributed by atoms with van der Waals surface area (Å²) in [5.41, 5.74) is 0.571. The van der Waals surface area contributed by atoms with Crippen LogP contribution in [0.4, 0.5) is 0 Å². The van der Waals surface area contributed by atoms with Crippen molar-refractivity contribution in [2.24, 2.45) is 10.9 Å². The van der Waals surface area contributed by atoms with Crippen LogP contribution in [0.3, 0.4) is 0 Å². The Morgan fingerprint density at radius 3 is 2.80 bits per heavy atom. The van der Waals surface area contributed by atoms with Crippen LogP contribution in [0.15, 0.2) is 29.5 Å². The lowest BCUT2D eigenvalue weighted by molar-refractivity contribution is 0.0954. The molecule has 1 aliphatic rings. The fourth-order valence-electron chi connectivity index (χ4n) is 1.85. The minimum atomic E-state index is -0.112. The van der Waals surface area contributed by atoms with Gasteiger partial charge in [-0.3, -0.25) is 14.8 Å². The number of rotatable bonds is 5. The van der Waals surface area contributed by atoms with Gasteiger partial charge in [-0.2, -0.15) is 0 Å². The number of hydrogen-bond acceptors (Lipinski definition) is 3. The van der Waals surface area contributed by atoms with Gasteiger partial charge in [0.2, 0.25) is 0 Å². The van der Waals surface area contributed by atoms with Gasteiger partial charge in [-0.25, -0.2) is 0 Å². The minimum absolute atomic E-state index is 0.112. The predicted molar refractivity (Wildman–Crippen MR) is 78.6 cm³/mol. The first-order valence-corrected chi connectivity index (χ1v) is 6.86. The van der Waals surface area contributed by atoms with Gasteiger partial charge in [-0.1, -0.05) is 6.92 Å². The fourth-order valence-corrected chi connectivity index (χ4v) is 1.85. The third kappa shape index (κ3) is 4.22. The zero-order valence-electron chi connectivity index (χ0n) is 11.9. The number of carbonyl (C=O) groups is 1. The van der Waals surface area contributed by atoms with Crippen LogP contribution < -0.4 is 16.0 Å². The number of aliphatic imine (C=N–C) groups is 1. The van der Waals surface area contributed by atoms with Crippen LogP contribution in [0, 0.1) is 5.92 Å². The number of guanidine groups is 1. The van der Waals surface area contributed by atoms with Gasteiger partial charge >= 0.3 is 0 Å². The van der Waals surface area contributed by atoms with Crippen molar-refractivity contribution in [1.82, 2.24) is 20.9 Å². The van der Waals surface area contributed by atoms with Gasteiger partial charge in [0, 0.05) is 38.6 Å². The number of hydrogen-bond donors (Lipinski definition) is 3.